The number of hydrogen-bond donors (Lipinski definition) is 1. The molecule has 2 heterocycles. The van der Waals surface area contributed by atoms with Crippen LogP contribution in [0.15, 0.2) is 59.2 Å². The third-order valence-electron chi connectivity index (χ3n) is 4.07. The fourth-order valence-electron chi connectivity index (χ4n) is 2.82. The molecule has 0 saturated carbocycles. The lowest BCUT2D eigenvalue weighted by atomic mass is 10.1. The van der Waals surface area contributed by atoms with E-state index in [4.69, 9.17) is 11.6 Å². The molecule has 4 nitrogen and oxygen atoms in total. The number of rotatable bonds is 3. The highest BCUT2D eigenvalue weighted by Crippen LogP contribution is 2.34. The van der Waals surface area contributed by atoms with Crippen LogP contribution in [0.5, 0.6) is 0 Å². The topological polar surface area (TPSA) is 46.9 Å². The van der Waals surface area contributed by atoms with Crippen molar-refractivity contribution in [1.29, 1.82) is 0 Å². The minimum absolute atomic E-state index is 0.104. The second-order valence-electron chi connectivity index (χ2n) is 5.72. The summed E-state index contributed by atoms with van der Waals surface area (Å²) >= 11 is 9.47. The van der Waals surface area contributed by atoms with Gasteiger partial charge in [-0.3, -0.25) is 9.48 Å². The van der Waals surface area contributed by atoms with Crippen LogP contribution >= 0.6 is 27.5 Å². The van der Waals surface area contributed by atoms with E-state index in [1.54, 1.807) is 6.20 Å². The van der Waals surface area contributed by atoms with Crippen molar-refractivity contribution in [3.63, 3.8) is 0 Å². The van der Waals surface area contributed by atoms with Gasteiger partial charge in [-0.25, -0.2) is 0 Å². The highest BCUT2D eigenvalue weighted by Gasteiger charge is 2.24. The molecule has 2 aromatic carbocycles. The predicted octanol–water partition coefficient (Wildman–Crippen LogP) is 4.84. The van der Waals surface area contributed by atoms with E-state index >= 15 is 0 Å². The molecule has 0 bridgehead atoms. The second-order valence-corrected chi connectivity index (χ2v) is 7.01. The van der Waals surface area contributed by atoms with Crippen LogP contribution in [-0.4, -0.2) is 15.7 Å². The lowest BCUT2D eigenvalue weighted by Crippen LogP contribution is -2.06. The van der Waals surface area contributed by atoms with Crippen LogP contribution in [0.1, 0.15) is 16.8 Å². The van der Waals surface area contributed by atoms with E-state index in [1.807, 2.05) is 59.3 Å². The molecule has 1 amide bonds. The molecule has 1 aliphatic heterocycles. The largest absolute Gasteiger partial charge is 0.321 e. The Morgan fingerprint density at radius 3 is 2.72 bits per heavy atom. The molecule has 4 rings (SSSR count). The van der Waals surface area contributed by atoms with Crippen molar-refractivity contribution in [1.82, 2.24) is 9.78 Å². The van der Waals surface area contributed by atoms with Crippen molar-refractivity contribution >= 4 is 50.8 Å². The van der Waals surface area contributed by atoms with Gasteiger partial charge in [-0.05, 0) is 45.8 Å². The summed E-state index contributed by atoms with van der Waals surface area (Å²) in [6.45, 7) is 0.588. The highest BCUT2D eigenvalue weighted by atomic mass is 79.9. The van der Waals surface area contributed by atoms with Crippen LogP contribution in [0.3, 0.4) is 0 Å². The van der Waals surface area contributed by atoms with E-state index in [0.29, 0.717) is 17.1 Å². The Bertz CT molecular complexity index is 992. The molecule has 1 N–H and O–H groups in total. The monoisotopic (exact) mass is 413 g/mol. The van der Waals surface area contributed by atoms with Gasteiger partial charge in [-0.15, -0.1) is 0 Å². The molecule has 0 spiro atoms. The van der Waals surface area contributed by atoms with Gasteiger partial charge >= 0.3 is 0 Å². The Kier molecular flexibility index (Phi) is 4.19. The average Bonchev–Trinajstić information content (AvgIpc) is 3.11. The third kappa shape index (κ3) is 3.13. The fraction of sp³-hybridized carbons (Fsp3) is 0.0526. The van der Waals surface area contributed by atoms with Crippen molar-refractivity contribution < 1.29 is 4.79 Å². The minimum Gasteiger partial charge on any atom is -0.321 e. The SMILES string of the molecule is O=C1Nc2ccccc2C1=Cc1c(Br)cnn1Cc1ccc(Cl)cc1. The lowest BCUT2D eigenvalue weighted by Gasteiger charge is -2.07. The second kappa shape index (κ2) is 6.50. The smallest absolute Gasteiger partial charge is 0.256 e. The van der Waals surface area contributed by atoms with Crippen molar-refractivity contribution in [2.75, 3.05) is 5.32 Å². The first-order valence-corrected chi connectivity index (χ1v) is 8.87. The van der Waals surface area contributed by atoms with E-state index < -0.39 is 0 Å². The number of carbonyl (C=O) groups excluding carboxylic acids is 1. The van der Waals surface area contributed by atoms with Crippen molar-refractivity contribution in [3.8, 4) is 0 Å². The molecular weight excluding hydrogens is 402 g/mol. The fourth-order valence-corrected chi connectivity index (χ4v) is 3.36. The van der Waals surface area contributed by atoms with Crippen molar-refractivity contribution in [2.24, 2.45) is 0 Å². The molecule has 6 heteroatoms. The highest BCUT2D eigenvalue weighted by molar-refractivity contribution is 9.10. The maximum absolute atomic E-state index is 12.3. The van der Waals surface area contributed by atoms with Gasteiger partial charge in [0.25, 0.3) is 5.91 Å². The van der Waals surface area contributed by atoms with Gasteiger partial charge in [0, 0.05) is 16.3 Å². The molecule has 0 fully saturated rings. The Morgan fingerprint density at radius 1 is 1.16 bits per heavy atom. The first-order valence-electron chi connectivity index (χ1n) is 7.70. The molecular formula is C19H13BrClN3O. The Balaban J connectivity index is 1.73. The Hall–Kier alpha value is -2.37. The molecule has 1 aromatic heterocycles. The zero-order valence-corrected chi connectivity index (χ0v) is 15.4. The van der Waals surface area contributed by atoms with E-state index in [1.165, 1.54) is 0 Å². The summed E-state index contributed by atoms with van der Waals surface area (Å²) in [6, 6.07) is 15.3. The van der Waals surface area contributed by atoms with Gasteiger partial charge < -0.3 is 5.32 Å². The van der Waals surface area contributed by atoms with Crippen LogP contribution in [0, 0.1) is 0 Å². The first kappa shape index (κ1) is 16.1. The number of hydrogen-bond acceptors (Lipinski definition) is 2. The van der Waals surface area contributed by atoms with Crippen LogP contribution in [-0.2, 0) is 11.3 Å². The van der Waals surface area contributed by atoms with Crippen molar-refractivity contribution in [2.45, 2.75) is 6.54 Å². The third-order valence-corrected chi connectivity index (χ3v) is 4.93. The molecule has 0 unspecified atom stereocenters. The number of nitrogens with zero attached hydrogens (tertiary/aromatic N) is 2. The number of carbonyl (C=O) groups is 1. The van der Waals surface area contributed by atoms with Crippen LogP contribution < -0.4 is 5.32 Å². The van der Waals surface area contributed by atoms with Gasteiger partial charge in [0.2, 0.25) is 0 Å². The predicted molar refractivity (Wildman–Crippen MR) is 103 cm³/mol. The van der Waals surface area contributed by atoms with Gasteiger partial charge in [-0.2, -0.15) is 5.10 Å². The average molecular weight is 415 g/mol. The summed E-state index contributed by atoms with van der Waals surface area (Å²) < 4.78 is 2.69. The number of nitrogens with one attached hydrogen (secondary N) is 1. The summed E-state index contributed by atoms with van der Waals surface area (Å²) in [6.07, 6.45) is 3.61. The quantitative estimate of drug-likeness (QED) is 0.623. The number of halogens is 2. The van der Waals surface area contributed by atoms with E-state index in [9.17, 15) is 4.79 Å². The maximum Gasteiger partial charge on any atom is 0.256 e. The number of para-hydroxylation sites is 1. The summed E-state index contributed by atoms with van der Waals surface area (Å²) in [7, 11) is 0. The Morgan fingerprint density at radius 2 is 1.92 bits per heavy atom. The summed E-state index contributed by atoms with van der Waals surface area (Å²) in [5, 5.41) is 8.01. The lowest BCUT2D eigenvalue weighted by molar-refractivity contribution is -0.110. The zero-order valence-electron chi connectivity index (χ0n) is 13.0. The number of amides is 1. The molecule has 3 aromatic rings. The summed E-state index contributed by atoms with van der Waals surface area (Å²) in [5.74, 6) is -0.104. The summed E-state index contributed by atoms with van der Waals surface area (Å²) in [4.78, 5) is 12.3. The number of aromatic nitrogens is 2. The van der Waals surface area contributed by atoms with Crippen LogP contribution in [0.2, 0.25) is 5.02 Å². The van der Waals surface area contributed by atoms with E-state index in [-0.39, 0.29) is 5.91 Å². The molecule has 0 aliphatic carbocycles. The first-order chi connectivity index (χ1) is 12.1. The molecule has 1 aliphatic rings. The maximum atomic E-state index is 12.3. The van der Waals surface area contributed by atoms with Gasteiger partial charge in [0.1, 0.15) is 0 Å². The van der Waals surface area contributed by atoms with E-state index in [0.717, 1.165) is 27.0 Å². The van der Waals surface area contributed by atoms with Crippen LogP contribution in [0.25, 0.3) is 11.6 Å². The Labute approximate surface area is 158 Å². The number of benzene rings is 2. The molecule has 0 atom stereocenters. The molecule has 0 radical (unpaired) electrons. The standard InChI is InChI=1S/C19H13BrClN3O/c20-16-10-22-24(11-12-5-7-13(21)8-6-12)18(16)9-15-14-3-1-2-4-17(14)23-19(15)25/h1-10H,11H2,(H,23,25). The number of fused-ring (bicyclic) bond motifs is 1. The number of anilines is 1. The summed E-state index contributed by atoms with van der Waals surface area (Å²) in [5.41, 5.74) is 4.29. The van der Waals surface area contributed by atoms with Gasteiger partial charge in [0.15, 0.2) is 0 Å². The van der Waals surface area contributed by atoms with E-state index in [2.05, 4.69) is 26.3 Å². The van der Waals surface area contributed by atoms with Crippen molar-refractivity contribution in [3.05, 3.63) is 81.0 Å². The normalized spacial score (nSPS) is 14.6. The molecule has 124 valence electrons. The molecule has 25 heavy (non-hydrogen) atoms. The molecule has 0 saturated heterocycles. The minimum atomic E-state index is -0.104. The van der Waals surface area contributed by atoms with Gasteiger partial charge in [-0.1, -0.05) is 41.9 Å². The van der Waals surface area contributed by atoms with Gasteiger partial charge in [0.05, 0.1) is 28.5 Å². The van der Waals surface area contributed by atoms with Crippen LogP contribution in [0.4, 0.5) is 5.69 Å². The zero-order chi connectivity index (χ0) is 17.4.